The van der Waals surface area contributed by atoms with Gasteiger partial charge in [0.15, 0.2) is 0 Å². The number of benzene rings is 1. The second-order valence-electron chi connectivity index (χ2n) is 9.87. The van der Waals surface area contributed by atoms with Gasteiger partial charge in [0.1, 0.15) is 30.2 Å². The highest BCUT2D eigenvalue weighted by molar-refractivity contribution is 5.94. The van der Waals surface area contributed by atoms with Crippen molar-refractivity contribution < 1.29 is 48.9 Å². The number of aldehydes is 1. The standard InChI is InChI=1S/C27H38N4O10/c1-15(2)24(27(41)29-18(14-32)7-12-22(35)36)31-26(40)21(11-13-23(37)38)30-25(39)20(28-16(3)33)10-6-17-4-8-19(34)9-5-17/h4-5,8-9,14-15,18,20-21,24,34H,6-7,10-13H2,1-3H3,(H,28,33)(H,29,41)(H,30,39)(H,31,40)(H,35,36)(H,37,38)/t18-,20-,21-,24-/m0/s1. The smallest absolute Gasteiger partial charge is 0.303 e. The van der Waals surface area contributed by atoms with Crippen LogP contribution in [0, 0.1) is 5.92 Å². The summed E-state index contributed by atoms with van der Waals surface area (Å²) >= 11 is 0. The van der Waals surface area contributed by atoms with Crippen molar-refractivity contribution in [2.45, 2.75) is 83.5 Å². The van der Waals surface area contributed by atoms with Crippen LogP contribution < -0.4 is 21.3 Å². The van der Waals surface area contributed by atoms with Crippen molar-refractivity contribution in [3.8, 4) is 5.75 Å². The van der Waals surface area contributed by atoms with Crippen molar-refractivity contribution >= 4 is 41.9 Å². The summed E-state index contributed by atoms with van der Waals surface area (Å²) in [6.45, 7) is 4.43. The zero-order valence-corrected chi connectivity index (χ0v) is 23.2. The molecule has 1 aromatic carbocycles. The number of phenols is 1. The third kappa shape index (κ3) is 13.4. The summed E-state index contributed by atoms with van der Waals surface area (Å²) in [4.78, 5) is 84.2. The first kappa shape index (κ1) is 34.5. The number of carboxylic acids is 2. The topological polar surface area (TPSA) is 228 Å². The Morgan fingerprint density at radius 1 is 0.756 bits per heavy atom. The molecule has 4 atom stereocenters. The fourth-order valence-electron chi connectivity index (χ4n) is 3.81. The first-order chi connectivity index (χ1) is 19.2. The third-order valence-electron chi connectivity index (χ3n) is 6.04. The van der Waals surface area contributed by atoms with Gasteiger partial charge in [0.25, 0.3) is 0 Å². The SMILES string of the molecule is CC(=O)N[C@@H](CCc1ccc(O)cc1)C(=O)N[C@@H](CCC(=O)O)C(=O)N[C@H](C(=O)N[C@H](C=O)CCC(=O)O)C(C)C. The average Bonchev–Trinajstić information content (AvgIpc) is 2.89. The molecule has 0 saturated carbocycles. The van der Waals surface area contributed by atoms with Gasteiger partial charge in [-0.25, -0.2) is 0 Å². The van der Waals surface area contributed by atoms with Gasteiger partial charge < -0.3 is 41.4 Å². The molecular weight excluding hydrogens is 540 g/mol. The summed E-state index contributed by atoms with van der Waals surface area (Å²) in [6, 6.07) is 1.48. The highest BCUT2D eigenvalue weighted by Crippen LogP contribution is 2.13. The quantitative estimate of drug-likeness (QED) is 0.114. The highest BCUT2D eigenvalue weighted by atomic mass is 16.4. The minimum Gasteiger partial charge on any atom is -0.508 e. The van der Waals surface area contributed by atoms with Gasteiger partial charge in [-0.05, 0) is 49.3 Å². The predicted molar refractivity (Wildman–Crippen MR) is 144 cm³/mol. The Bertz CT molecular complexity index is 1090. The summed E-state index contributed by atoms with van der Waals surface area (Å²) in [5.41, 5.74) is 0.772. The Labute approximate surface area is 237 Å². The summed E-state index contributed by atoms with van der Waals surface area (Å²) in [7, 11) is 0. The molecule has 0 heterocycles. The van der Waals surface area contributed by atoms with Crippen molar-refractivity contribution in [1.82, 2.24) is 21.3 Å². The van der Waals surface area contributed by atoms with Gasteiger partial charge in [0, 0.05) is 19.8 Å². The van der Waals surface area contributed by atoms with Gasteiger partial charge >= 0.3 is 11.9 Å². The van der Waals surface area contributed by atoms with Crippen molar-refractivity contribution in [3.63, 3.8) is 0 Å². The fraction of sp³-hybridized carbons (Fsp3) is 0.519. The van der Waals surface area contributed by atoms with E-state index in [0.29, 0.717) is 12.7 Å². The van der Waals surface area contributed by atoms with E-state index in [9.17, 15) is 38.7 Å². The predicted octanol–water partition coefficient (Wildman–Crippen LogP) is -0.132. The highest BCUT2D eigenvalue weighted by Gasteiger charge is 2.31. The molecule has 1 rings (SSSR count). The fourth-order valence-corrected chi connectivity index (χ4v) is 3.81. The maximum Gasteiger partial charge on any atom is 0.303 e. The van der Waals surface area contributed by atoms with E-state index in [4.69, 9.17) is 10.2 Å². The van der Waals surface area contributed by atoms with Crippen LogP contribution in [0.1, 0.15) is 58.4 Å². The van der Waals surface area contributed by atoms with Crippen molar-refractivity contribution in [1.29, 1.82) is 0 Å². The lowest BCUT2D eigenvalue weighted by atomic mass is 10.0. The summed E-state index contributed by atoms with van der Waals surface area (Å²) in [5.74, 6) is -5.70. The number of carboxylic acid groups (broad SMARTS) is 2. The van der Waals surface area contributed by atoms with Crippen molar-refractivity contribution in [2.24, 2.45) is 5.92 Å². The number of aliphatic carboxylic acids is 2. The molecule has 0 aliphatic rings. The molecule has 7 N–H and O–H groups in total. The van der Waals surface area contributed by atoms with Crippen LogP contribution in [0.2, 0.25) is 0 Å². The van der Waals surface area contributed by atoms with Gasteiger partial charge in [0.2, 0.25) is 23.6 Å². The van der Waals surface area contributed by atoms with Crippen molar-refractivity contribution in [2.75, 3.05) is 0 Å². The first-order valence-electron chi connectivity index (χ1n) is 13.1. The van der Waals surface area contributed by atoms with Gasteiger partial charge in [-0.1, -0.05) is 26.0 Å². The number of aromatic hydroxyl groups is 1. The molecule has 226 valence electrons. The normalized spacial score (nSPS) is 13.7. The molecule has 0 fully saturated rings. The molecule has 14 nitrogen and oxygen atoms in total. The number of carbonyl (C=O) groups is 7. The zero-order chi connectivity index (χ0) is 31.1. The molecule has 0 bridgehead atoms. The number of hydrogen-bond donors (Lipinski definition) is 7. The maximum atomic E-state index is 13.2. The van der Waals surface area contributed by atoms with Crippen LogP contribution in [0.5, 0.6) is 5.75 Å². The number of phenolic OH excluding ortho intramolecular Hbond substituents is 1. The van der Waals surface area contributed by atoms with E-state index < -0.39 is 72.1 Å². The van der Waals surface area contributed by atoms with E-state index in [1.165, 1.54) is 19.1 Å². The first-order valence-corrected chi connectivity index (χ1v) is 13.1. The van der Waals surface area contributed by atoms with Crippen LogP contribution in [0.15, 0.2) is 24.3 Å². The number of aryl methyl sites for hydroxylation is 1. The van der Waals surface area contributed by atoms with Crippen LogP contribution in [0.3, 0.4) is 0 Å². The molecule has 0 aliphatic heterocycles. The van der Waals surface area contributed by atoms with Crippen LogP contribution in [-0.4, -0.2) is 81.3 Å². The number of carbonyl (C=O) groups excluding carboxylic acids is 5. The number of rotatable bonds is 18. The van der Waals surface area contributed by atoms with E-state index in [-0.39, 0.29) is 31.4 Å². The molecule has 0 saturated heterocycles. The Kier molecular flexibility index (Phi) is 14.5. The van der Waals surface area contributed by atoms with Crippen molar-refractivity contribution in [3.05, 3.63) is 29.8 Å². The molecule has 0 aromatic heterocycles. The number of hydrogen-bond acceptors (Lipinski definition) is 8. The van der Waals surface area contributed by atoms with Crippen LogP contribution in [0.25, 0.3) is 0 Å². The summed E-state index contributed by atoms with van der Waals surface area (Å²) < 4.78 is 0. The average molecular weight is 579 g/mol. The molecule has 0 radical (unpaired) electrons. The minimum absolute atomic E-state index is 0.0625. The molecule has 41 heavy (non-hydrogen) atoms. The van der Waals surface area contributed by atoms with Gasteiger partial charge in [-0.15, -0.1) is 0 Å². The molecular formula is C27H38N4O10. The Morgan fingerprint density at radius 2 is 1.29 bits per heavy atom. The summed E-state index contributed by atoms with van der Waals surface area (Å²) in [5, 5.41) is 37.3. The lowest BCUT2D eigenvalue weighted by molar-refractivity contribution is -0.138. The van der Waals surface area contributed by atoms with E-state index in [1.807, 2.05) is 0 Å². The minimum atomic E-state index is -1.38. The van der Waals surface area contributed by atoms with Gasteiger partial charge in [-0.2, -0.15) is 0 Å². The van der Waals surface area contributed by atoms with E-state index in [2.05, 4.69) is 21.3 Å². The van der Waals surface area contributed by atoms with Crippen LogP contribution in [-0.2, 0) is 40.0 Å². The van der Waals surface area contributed by atoms with Gasteiger partial charge in [0.05, 0.1) is 6.04 Å². The van der Waals surface area contributed by atoms with E-state index in [0.717, 1.165) is 5.56 Å². The van der Waals surface area contributed by atoms with E-state index in [1.54, 1.807) is 26.0 Å². The van der Waals surface area contributed by atoms with E-state index >= 15 is 0 Å². The molecule has 0 unspecified atom stereocenters. The lowest BCUT2D eigenvalue weighted by Crippen LogP contribution is -2.58. The van der Waals surface area contributed by atoms with Crippen LogP contribution >= 0.6 is 0 Å². The number of amides is 4. The second kappa shape index (κ2) is 17.3. The summed E-state index contributed by atoms with van der Waals surface area (Å²) in [6.07, 6.45) is -0.485. The van der Waals surface area contributed by atoms with Crippen LogP contribution in [0.4, 0.5) is 0 Å². The number of nitrogens with one attached hydrogen (secondary N) is 4. The Morgan fingerprint density at radius 3 is 1.80 bits per heavy atom. The second-order valence-corrected chi connectivity index (χ2v) is 9.87. The monoisotopic (exact) mass is 578 g/mol. The zero-order valence-electron chi connectivity index (χ0n) is 23.2. The Balaban J connectivity index is 3.04. The molecule has 1 aromatic rings. The van der Waals surface area contributed by atoms with Gasteiger partial charge in [-0.3, -0.25) is 28.8 Å². The lowest BCUT2D eigenvalue weighted by Gasteiger charge is -2.27. The molecule has 4 amide bonds. The largest absolute Gasteiger partial charge is 0.508 e. The molecule has 14 heteroatoms. The Hall–Kier alpha value is -4.49. The molecule has 0 spiro atoms. The third-order valence-corrected chi connectivity index (χ3v) is 6.04. The maximum absolute atomic E-state index is 13.2. The molecule has 0 aliphatic carbocycles.